The maximum Gasteiger partial charge on any atom is 0.498 e. The summed E-state index contributed by atoms with van der Waals surface area (Å²) in [7, 11) is -0.572. The summed E-state index contributed by atoms with van der Waals surface area (Å²) in [5.74, 6) is 0.0161. The van der Waals surface area contributed by atoms with Crippen molar-refractivity contribution in [2.75, 3.05) is 4.90 Å². The van der Waals surface area contributed by atoms with Gasteiger partial charge in [-0.25, -0.2) is 14.8 Å². The van der Waals surface area contributed by atoms with Gasteiger partial charge in [0.05, 0.1) is 11.2 Å². The van der Waals surface area contributed by atoms with Crippen LogP contribution in [-0.2, 0) is 18.8 Å². The fourth-order valence-corrected chi connectivity index (χ4v) is 3.09. The highest BCUT2D eigenvalue weighted by Crippen LogP contribution is 2.36. The number of hydrogen-bond donors (Lipinski definition) is 1. The highest BCUT2D eigenvalue weighted by atomic mass is 16.7. The number of amides is 2. The molecule has 0 radical (unpaired) electrons. The van der Waals surface area contributed by atoms with Gasteiger partial charge in [0.15, 0.2) is 0 Å². The molecule has 2 amide bonds. The van der Waals surface area contributed by atoms with Crippen LogP contribution in [0.2, 0.25) is 0 Å². The van der Waals surface area contributed by atoms with E-state index in [9.17, 15) is 9.59 Å². The molecule has 10 heteroatoms. The van der Waals surface area contributed by atoms with Crippen molar-refractivity contribution in [3.8, 4) is 0 Å². The lowest BCUT2D eigenvalue weighted by atomic mass is 9.81. The molecule has 0 unspecified atom stereocenters. The molecular weight excluding hydrogens is 399 g/mol. The van der Waals surface area contributed by atoms with Crippen molar-refractivity contribution in [2.45, 2.75) is 97.1 Å². The molecule has 1 saturated heterocycles. The average molecular weight is 432 g/mol. The molecule has 2 aliphatic rings. The van der Waals surface area contributed by atoms with Gasteiger partial charge in [-0.3, -0.25) is 9.69 Å². The molecule has 31 heavy (non-hydrogen) atoms. The number of nitrogens with zero attached hydrogens (tertiary/aromatic N) is 3. The van der Waals surface area contributed by atoms with E-state index >= 15 is 0 Å². The van der Waals surface area contributed by atoms with Crippen LogP contribution in [0.5, 0.6) is 0 Å². The summed E-state index contributed by atoms with van der Waals surface area (Å²) >= 11 is 0. The van der Waals surface area contributed by atoms with E-state index in [1.807, 2.05) is 27.7 Å². The van der Waals surface area contributed by atoms with Gasteiger partial charge in [-0.15, -0.1) is 0 Å². The Bertz CT molecular complexity index is 817. The summed E-state index contributed by atoms with van der Waals surface area (Å²) in [4.78, 5) is 35.5. The van der Waals surface area contributed by atoms with E-state index in [1.165, 1.54) is 0 Å². The van der Waals surface area contributed by atoms with Gasteiger partial charge in [0.1, 0.15) is 11.6 Å². The highest BCUT2D eigenvalue weighted by molar-refractivity contribution is 6.61. The highest BCUT2D eigenvalue weighted by Gasteiger charge is 2.52. The van der Waals surface area contributed by atoms with Gasteiger partial charge in [-0.2, -0.15) is 0 Å². The lowest BCUT2D eigenvalue weighted by Gasteiger charge is -2.32. The minimum atomic E-state index is -0.776. The summed E-state index contributed by atoms with van der Waals surface area (Å²) in [6, 6.07) is -0.750. The zero-order valence-electron chi connectivity index (χ0n) is 19.7. The summed E-state index contributed by atoms with van der Waals surface area (Å²) in [6.07, 6.45) is 4.35. The predicted molar refractivity (Wildman–Crippen MR) is 117 cm³/mol. The first-order chi connectivity index (χ1) is 14.2. The number of carbonyl (C=O) groups excluding carboxylic acids is 2. The first-order valence-corrected chi connectivity index (χ1v) is 10.7. The first kappa shape index (κ1) is 23.5. The van der Waals surface area contributed by atoms with Crippen molar-refractivity contribution in [1.82, 2.24) is 15.3 Å². The Morgan fingerprint density at radius 3 is 2.13 bits per heavy atom. The Kier molecular flexibility index (Phi) is 6.10. The molecule has 0 bridgehead atoms. The Hall–Kier alpha value is -2.20. The lowest BCUT2D eigenvalue weighted by molar-refractivity contribution is -0.120. The molecule has 170 valence electrons. The molecule has 1 N–H and O–H groups in total. The maximum atomic E-state index is 13.1. The van der Waals surface area contributed by atoms with Crippen molar-refractivity contribution in [2.24, 2.45) is 0 Å². The molecular formula is C21H33BN4O5. The monoisotopic (exact) mass is 432 g/mol. The minimum Gasteiger partial charge on any atom is -0.444 e. The number of rotatable bonds is 5. The van der Waals surface area contributed by atoms with Crippen molar-refractivity contribution >= 4 is 30.5 Å². The van der Waals surface area contributed by atoms with Crippen LogP contribution in [0.15, 0.2) is 12.4 Å². The number of carbonyl (C=O) groups is 2. The summed E-state index contributed by atoms with van der Waals surface area (Å²) < 4.78 is 17.3. The van der Waals surface area contributed by atoms with Crippen LogP contribution in [0, 0.1) is 0 Å². The molecule has 1 aliphatic carbocycles. The number of ether oxygens (including phenoxy) is 1. The lowest BCUT2D eigenvalue weighted by Crippen LogP contribution is -2.49. The molecule has 9 nitrogen and oxygen atoms in total. The van der Waals surface area contributed by atoms with Crippen LogP contribution >= 0.6 is 0 Å². The fraction of sp³-hybridized carbons (Fsp3) is 0.714. The largest absolute Gasteiger partial charge is 0.498 e. The topological polar surface area (TPSA) is 103 Å². The molecule has 3 rings (SSSR count). The van der Waals surface area contributed by atoms with Crippen LogP contribution in [0.4, 0.5) is 10.7 Å². The van der Waals surface area contributed by atoms with Gasteiger partial charge in [0.2, 0.25) is 5.95 Å². The Balaban J connectivity index is 1.71. The fourth-order valence-electron chi connectivity index (χ4n) is 3.09. The molecule has 2 fully saturated rings. The van der Waals surface area contributed by atoms with Crippen molar-refractivity contribution < 1.29 is 23.6 Å². The second-order valence-corrected chi connectivity index (χ2v) is 10.2. The van der Waals surface area contributed by atoms with Gasteiger partial charge >= 0.3 is 13.2 Å². The van der Waals surface area contributed by atoms with Gasteiger partial charge in [-0.05, 0) is 68.2 Å². The van der Waals surface area contributed by atoms with Crippen LogP contribution < -0.4 is 15.7 Å². The third-order valence-electron chi connectivity index (χ3n) is 5.65. The number of alkyl carbamates (subject to hydrolysis) is 1. The number of nitrogens with one attached hydrogen (secondary N) is 1. The molecule has 1 aromatic rings. The molecule has 0 aromatic carbocycles. The normalized spacial score (nSPS) is 20.8. The van der Waals surface area contributed by atoms with Gasteiger partial charge in [0.25, 0.3) is 5.91 Å². The van der Waals surface area contributed by atoms with Crippen LogP contribution in [0.1, 0.15) is 68.2 Å². The molecule has 1 atom stereocenters. The van der Waals surface area contributed by atoms with E-state index in [4.69, 9.17) is 14.0 Å². The first-order valence-electron chi connectivity index (χ1n) is 10.7. The zero-order valence-corrected chi connectivity index (χ0v) is 19.7. The summed E-state index contributed by atoms with van der Waals surface area (Å²) in [5.41, 5.74) is -0.884. The van der Waals surface area contributed by atoms with Crippen molar-refractivity contribution in [1.29, 1.82) is 0 Å². The zero-order chi connectivity index (χ0) is 23.2. The summed E-state index contributed by atoms with van der Waals surface area (Å²) in [5, 5.41) is 2.60. The maximum absolute atomic E-state index is 13.1. The van der Waals surface area contributed by atoms with E-state index in [0.717, 1.165) is 12.8 Å². The standard InChI is InChI=1S/C21H33BN4O5/c1-13(25-18(28)29-19(2,3)4)16(27)26(15-9-10-15)17-23-11-14(12-24-17)22-30-20(5,6)21(7,8)31-22/h11-13,15H,9-10H2,1-8H3,(H,25,28)/t13-/m0/s1. The second kappa shape index (κ2) is 8.05. The Morgan fingerprint density at radius 1 is 1.16 bits per heavy atom. The molecule has 2 heterocycles. The van der Waals surface area contributed by atoms with Crippen LogP contribution in [0.3, 0.4) is 0 Å². The Labute approximate surface area is 184 Å². The molecule has 1 saturated carbocycles. The number of anilines is 1. The molecule has 0 spiro atoms. The number of aromatic nitrogens is 2. The SMILES string of the molecule is C[C@H](NC(=O)OC(C)(C)C)C(=O)N(c1ncc(B2OC(C)(C)C(C)(C)O2)cn1)C1CC1. The minimum absolute atomic E-state index is 0.0260. The van der Waals surface area contributed by atoms with E-state index in [1.54, 1.807) is 45.0 Å². The molecule has 1 aliphatic heterocycles. The molecule has 1 aromatic heterocycles. The predicted octanol–water partition coefficient (Wildman–Crippen LogP) is 2.18. The summed E-state index contributed by atoms with van der Waals surface area (Å²) in [6.45, 7) is 14.9. The van der Waals surface area contributed by atoms with E-state index in [-0.39, 0.29) is 11.9 Å². The average Bonchev–Trinajstić information content (AvgIpc) is 3.41. The third-order valence-corrected chi connectivity index (χ3v) is 5.65. The third kappa shape index (κ3) is 5.35. The Morgan fingerprint density at radius 2 is 1.68 bits per heavy atom. The van der Waals surface area contributed by atoms with E-state index in [2.05, 4.69) is 15.3 Å². The van der Waals surface area contributed by atoms with Crippen molar-refractivity contribution in [3.63, 3.8) is 0 Å². The van der Waals surface area contributed by atoms with E-state index < -0.39 is 36.1 Å². The van der Waals surface area contributed by atoms with Gasteiger partial charge in [-0.1, -0.05) is 0 Å². The van der Waals surface area contributed by atoms with Crippen molar-refractivity contribution in [3.05, 3.63) is 12.4 Å². The van der Waals surface area contributed by atoms with Crippen LogP contribution in [-0.4, -0.2) is 58.0 Å². The van der Waals surface area contributed by atoms with Crippen LogP contribution in [0.25, 0.3) is 0 Å². The van der Waals surface area contributed by atoms with E-state index in [0.29, 0.717) is 11.4 Å². The second-order valence-electron chi connectivity index (χ2n) is 10.2. The quantitative estimate of drug-likeness (QED) is 0.712. The van der Waals surface area contributed by atoms with Gasteiger partial charge < -0.3 is 19.4 Å². The number of hydrogen-bond acceptors (Lipinski definition) is 7. The van der Waals surface area contributed by atoms with Gasteiger partial charge in [0, 0.05) is 23.9 Å². The smallest absolute Gasteiger partial charge is 0.444 e.